The highest BCUT2D eigenvalue weighted by atomic mass is 35.5. The van der Waals surface area contributed by atoms with Gasteiger partial charge in [-0.25, -0.2) is 0 Å². The molecule has 1 rings (SSSR count). The average Bonchev–Trinajstić information content (AvgIpc) is 2.13. The van der Waals surface area contributed by atoms with Crippen molar-refractivity contribution in [2.75, 3.05) is 0 Å². The molecule has 0 aliphatic carbocycles. The molecule has 0 saturated carbocycles. The molecule has 10 heavy (non-hydrogen) atoms. The van der Waals surface area contributed by atoms with E-state index >= 15 is 0 Å². The molecule has 0 aromatic heterocycles. The molecule has 1 aliphatic rings. The Morgan fingerprint density at radius 1 is 1.70 bits per heavy atom. The van der Waals surface area contributed by atoms with Crippen molar-refractivity contribution in [2.24, 2.45) is 15.2 Å². The van der Waals surface area contributed by atoms with Crippen LogP contribution in [0.4, 0.5) is 0 Å². The predicted octanol–water partition coefficient (Wildman–Crippen LogP) is 0.776. The van der Waals surface area contributed by atoms with Gasteiger partial charge in [0.1, 0.15) is 0 Å². The molecule has 0 amide bonds. The molecule has 1 aliphatic heterocycles. The summed E-state index contributed by atoms with van der Waals surface area (Å²) in [7, 11) is 0. The van der Waals surface area contributed by atoms with Crippen LogP contribution in [0.1, 0.15) is 0 Å². The Labute approximate surface area is 68.4 Å². The van der Waals surface area contributed by atoms with Crippen LogP contribution in [0.5, 0.6) is 0 Å². The largest absolute Gasteiger partial charge is 0.768 e. The van der Waals surface area contributed by atoms with E-state index in [-0.39, 0.29) is 5.29 Å². The number of alkyl halides is 1. The van der Waals surface area contributed by atoms with Crippen molar-refractivity contribution < 1.29 is 8.76 Å². The highest BCUT2D eigenvalue weighted by Gasteiger charge is 2.32. The molecule has 2 unspecified atom stereocenters. The lowest BCUT2D eigenvalue weighted by Crippen LogP contribution is -2.19. The van der Waals surface area contributed by atoms with Crippen molar-refractivity contribution in [3.63, 3.8) is 0 Å². The number of azo groups is 1. The molecule has 0 aromatic carbocycles. The third-order valence-corrected chi connectivity index (χ3v) is 1.99. The molecule has 0 fully saturated rings. The first-order valence-corrected chi connectivity index (χ1v) is 3.84. The Morgan fingerprint density at radius 3 is 2.50 bits per heavy atom. The van der Waals surface area contributed by atoms with Crippen molar-refractivity contribution in [1.82, 2.24) is 0 Å². The van der Waals surface area contributed by atoms with Crippen LogP contribution < -0.4 is 0 Å². The number of amidine groups is 1. The van der Waals surface area contributed by atoms with Gasteiger partial charge in [-0.1, -0.05) is 11.6 Å². The second-order valence-corrected chi connectivity index (χ2v) is 3.47. The SMILES string of the molecule is O=S([O-])C1(Cl)N=NC(Cl)=N1. The third kappa shape index (κ3) is 1.34. The fourth-order valence-corrected chi connectivity index (χ4v) is 0.972. The van der Waals surface area contributed by atoms with E-state index in [4.69, 9.17) is 23.2 Å². The average molecular weight is 201 g/mol. The number of halogens is 2. The smallest absolute Gasteiger partial charge is 0.312 e. The quantitative estimate of drug-likeness (QED) is 0.357. The van der Waals surface area contributed by atoms with E-state index in [0.717, 1.165) is 0 Å². The predicted molar refractivity (Wildman–Crippen MR) is 35.6 cm³/mol. The maximum Gasteiger partial charge on any atom is 0.312 e. The van der Waals surface area contributed by atoms with Crippen LogP contribution >= 0.6 is 23.2 Å². The summed E-state index contributed by atoms with van der Waals surface area (Å²) in [4.78, 5) is 3.22. The van der Waals surface area contributed by atoms with Gasteiger partial charge in [0.15, 0.2) is 0 Å². The first-order valence-electron chi connectivity index (χ1n) is 2.01. The summed E-state index contributed by atoms with van der Waals surface area (Å²) >= 11 is 7.78. The molecule has 8 heteroatoms. The standard InChI is InChI=1S/C2HCl2N3O2S/c3-1-5-2(4,7-6-1)10(8)9/h(H,8,9)/p-1. The summed E-state index contributed by atoms with van der Waals surface area (Å²) in [5.74, 6) is 0. The normalized spacial score (nSPS) is 34.1. The Bertz CT molecular complexity index is 241. The van der Waals surface area contributed by atoms with Crippen LogP contribution in [0.25, 0.3) is 0 Å². The summed E-state index contributed by atoms with van der Waals surface area (Å²) in [6.45, 7) is 0. The molecule has 0 N–H and O–H groups in total. The second kappa shape index (κ2) is 2.54. The number of nitrogens with zero attached hydrogens (tertiary/aromatic N) is 3. The van der Waals surface area contributed by atoms with Crippen LogP contribution in [0.15, 0.2) is 15.2 Å². The van der Waals surface area contributed by atoms with Crippen molar-refractivity contribution in [3.05, 3.63) is 0 Å². The highest BCUT2D eigenvalue weighted by Crippen LogP contribution is 2.28. The Balaban J connectivity index is 2.95. The molecule has 56 valence electrons. The van der Waals surface area contributed by atoms with Crippen molar-refractivity contribution in [2.45, 2.75) is 4.45 Å². The summed E-state index contributed by atoms with van der Waals surface area (Å²) in [5, 5.41) is 5.95. The number of hydrogen-bond donors (Lipinski definition) is 0. The lowest BCUT2D eigenvalue weighted by Gasteiger charge is -2.14. The summed E-state index contributed by atoms with van der Waals surface area (Å²) < 4.78 is 18.4. The first-order chi connectivity index (χ1) is 4.54. The van der Waals surface area contributed by atoms with Crippen molar-refractivity contribution in [3.8, 4) is 0 Å². The molecule has 1 heterocycles. The zero-order valence-corrected chi connectivity index (χ0v) is 6.65. The summed E-state index contributed by atoms with van der Waals surface area (Å²) in [5.41, 5.74) is 0. The lowest BCUT2D eigenvalue weighted by atomic mass is 11.1. The molecule has 0 aromatic rings. The molecule has 0 spiro atoms. The molecule has 2 atom stereocenters. The van der Waals surface area contributed by atoms with Gasteiger partial charge < -0.3 is 4.55 Å². The molecule has 0 bridgehead atoms. The minimum atomic E-state index is -2.64. The minimum absolute atomic E-state index is 0.265. The van der Waals surface area contributed by atoms with Crippen molar-refractivity contribution >= 4 is 39.6 Å². The highest BCUT2D eigenvalue weighted by molar-refractivity contribution is 7.82. The van der Waals surface area contributed by atoms with Gasteiger partial charge in [-0.3, -0.25) is 4.21 Å². The van der Waals surface area contributed by atoms with E-state index in [2.05, 4.69) is 15.2 Å². The van der Waals surface area contributed by atoms with E-state index in [1.165, 1.54) is 0 Å². The molecular formula is C2Cl2N3O2S-. The number of rotatable bonds is 1. The molecular weight excluding hydrogens is 201 g/mol. The lowest BCUT2D eigenvalue weighted by molar-refractivity contribution is 0.517. The molecule has 5 nitrogen and oxygen atoms in total. The van der Waals surface area contributed by atoms with Crippen LogP contribution in [0.2, 0.25) is 0 Å². The topological polar surface area (TPSA) is 77.2 Å². The zero-order chi connectivity index (χ0) is 7.78. The molecule has 0 radical (unpaired) electrons. The second-order valence-electron chi connectivity index (χ2n) is 1.34. The maximum absolute atomic E-state index is 10.2. The van der Waals surface area contributed by atoms with Gasteiger partial charge in [-0.2, -0.15) is 4.99 Å². The van der Waals surface area contributed by atoms with Crippen LogP contribution in [0.3, 0.4) is 0 Å². The van der Waals surface area contributed by atoms with Crippen molar-refractivity contribution in [1.29, 1.82) is 0 Å². The fraction of sp³-hybridized carbons (Fsp3) is 0.500. The number of aliphatic imine (C=N–C) groups is 1. The van der Waals surface area contributed by atoms with Crippen LogP contribution in [-0.2, 0) is 11.1 Å². The number of hydrogen-bond acceptors (Lipinski definition) is 5. The van der Waals surface area contributed by atoms with Crippen LogP contribution in [-0.4, -0.2) is 18.5 Å². The summed E-state index contributed by atoms with van der Waals surface area (Å²) in [6, 6.07) is 0. The summed E-state index contributed by atoms with van der Waals surface area (Å²) in [6.07, 6.45) is 0. The fourth-order valence-electron chi connectivity index (χ4n) is 0.332. The van der Waals surface area contributed by atoms with Gasteiger partial charge in [0, 0.05) is 11.1 Å². The van der Waals surface area contributed by atoms with Gasteiger partial charge >= 0.3 is 4.45 Å². The van der Waals surface area contributed by atoms with E-state index in [1.54, 1.807) is 0 Å². The third-order valence-electron chi connectivity index (χ3n) is 0.698. The Hall–Kier alpha value is -0.0400. The van der Waals surface area contributed by atoms with Crippen LogP contribution in [0, 0.1) is 0 Å². The van der Waals surface area contributed by atoms with Gasteiger partial charge in [0.05, 0.1) is 0 Å². The zero-order valence-electron chi connectivity index (χ0n) is 4.32. The monoisotopic (exact) mass is 200 g/mol. The van der Waals surface area contributed by atoms with E-state index in [1.807, 2.05) is 0 Å². The van der Waals surface area contributed by atoms with E-state index < -0.39 is 15.5 Å². The van der Waals surface area contributed by atoms with E-state index in [0.29, 0.717) is 0 Å². The van der Waals surface area contributed by atoms with Gasteiger partial charge in [0.25, 0.3) is 0 Å². The van der Waals surface area contributed by atoms with E-state index in [9.17, 15) is 8.76 Å². The minimum Gasteiger partial charge on any atom is -0.768 e. The van der Waals surface area contributed by atoms with Gasteiger partial charge in [0.2, 0.25) is 5.29 Å². The first kappa shape index (κ1) is 8.06. The maximum atomic E-state index is 10.2. The van der Waals surface area contributed by atoms with Gasteiger partial charge in [-0.15, -0.1) is 10.2 Å². The Morgan fingerprint density at radius 2 is 2.30 bits per heavy atom. The molecule has 0 saturated heterocycles. The van der Waals surface area contributed by atoms with Gasteiger partial charge in [-0.05, 0) is 11.6 Å². The Kier molecular flexibility index (Phi) is 2.04.